The Balaban J connectivity index is 2.54. The molecule has 1 aromatic carbocycles. The highest BCUT2D eigenvalue weighted by Crippen LogP contribution is 2.13. The standard InChI is InChI=1S/C13H17N3O4S/c1-3-7-20-10-6-4-5-9(8-10)11(17)14-12(21)15-16-13(18)19-2/h4-6,8H,3,7H2,1-2H3,(H,16,18)(H2,14,15,17,21). The maximum Gasteiger partial charge on any atom is 0.425 e. The number of thiocarbonyl (C=S) groups is 1. The molecule has 3 N–H and O–H groups in total. The number of carbonyl (C=O) groups is 2. The van der Waals surface area contributed by atoms with Gasteiger partial charge in [0.1, 0.15) is 5.75 Å². The predicted octanol–water partition coefficient (Wildman–Crippen LogP) is 1.35. The zero-order valence-electron chi connectivity index (χ0n) is 11.8. The molecule has 7 nitrogen and oxygen atoms in total. The summed E-state index contributed by atoms with van der Waals surface area (Å²) in [5, 5.41) is 2.36. The van der Waals surface area contributed by atoms with Crippen molar-refractivity contribution < 1.29 is 19.1 Å². The van der Waals surface area contributed by atoms with E-state index in [1.54, 1.807) is 24.3 Å². The number of methoxy groups -OCH3 is 1. The Bertz CT molecular complexity index is 522. The highest BCUT2D eigenvalue weighted by atomic mass is 32.1. The van der Waals surface area contributed by atoms with Crippen molar-refractivity contribution in [2.24, 2.45) is 0 Å². The average molecular weight is 311 g/mol. The van der Waals surface area contributed by atoms with Crippen LogP contribution >= 0.6 is 12.2 Å². The molecule has 114 valence electrons. The lowest BCUT2D eigenvalue weighted by molar-refractivity contribution is 0.0975. The van der Waals surface area contributed by atoms with Crippen LogP contribution in [0.15, 0.2) is 24.3 Å². The van der Waals surface area contributed by atoms with Gasteiger partial charge in [-0.3, -0.25) is 15.5 Å². The Hall–Kier alpha value is -2.35. The van der Waals surface area contributed by atoms with Gasteiger partial charge < -0.3 is 9.47 Å². The number of hydrogen-bond acceptors (Lipinski definition) is 5. The highest BCUT2D eigenvalue weighted by molar-refractivity contribution is 7.80. The molecule has 1 rings (SSSR count). The molecule has 0 aliphatic heterocycles. The van der Waals surface area contributed by atoms with E-state index >= 15 is 0 Å². The van der Waals surface area contributed by atoms with Gasteiger partial charge in [-0.1, -0.05) is 13.0 Å². The lowest BCUT2D eigenvalue weighted by atomic mass is 10.2. The maximum atomic E-state index is 12.0. The van der Waals surface area contributed by atoms with Crippen LogP contribution in [0.25, 0.3) is 0 Å². The summed E-state index contributed by atoms with van der Waals surface area (Å²) in [6.45, 7) is 2.57. The minimum Gasteiger partial charge on any atom is -0.494 e. The summed E-state index contributed by atoms with van der Waals surface area (Å²) in [6, 6.07) is 6.72. The van der Waals surface area contributed by atoms with Crippen LogP contribution < -0.4 is 20.9 Å². The van der Waals surface area contributed by atoms with Crippen molar-refractivity contribution in [1.29, 1.82) is 0 Å². The molecule has 0 aliphatic rings. The van der Waals surface area contributed by atoms with Crippen LogP contribution in [0.5, 0.6) is 5.75 Å². The fourth-order valence-electron chi connectivity index (χ4n) is 1.31. The molecule has 0 aliphatic carbocycles. The van der Waals surface area contributed by atoms with Crippen LogP contribution in [0.4, 0.5) is 4.79 Å². The summed E-state index contributed by atoms with van der Waals surface area (Å²) in [5.74, 6) is 0.192. The summed E-state index contributed by atoms with van der Waals surface area (Å²) in [7, 11) is 1.21. The van der Waals surface area contributed by atoms with Gasteiger partial charge in [0.25, 0.3) is 5.91 Å². The van der Waals surface area contributed by atoms with Crippen molar-refractivity contribution >= 4 is 29.3 Å². The summed E-state index contributed by atoms with van der Waals surface area (Å²) >= 11 is 4.85. The van der Waals surface area contributed by atoms with E-state index in [1.165, 1.54) is 7.11 Å². The monoisotopic (exact) mass is 311 g/mol. The van der Waals surface area contributed by atoms with Crippen LogP contribution in [-0.2, 0) is 4.74 Å². The van der Waals surface area contributed by atoms with Crippen molar-refractivity contribution in [2.75, 3.05) is 13.7 Å². The molecule has 0 spiro atoms. The number of hydrazine groups is 1. The van der Waals surface area contributed by atoms with Crippen LogP contribution in [0.1, 0.15) is 23.7 Å². The third-order valence-corrected chi connectivity index (χ3v) is 2.46. The molecule has 0 saturated heterocycles. The second-order valence-electron chi connectivity index (χ2n) is 3.90. The number of nitrogens with one attached hydrogen (secondary N) is 3. The van der Waals surface area contributed by atoms with E-state index in [0.717, 1.165) is 6.42 Å². The van der Waals surface area contributed by atoms with Crippen molar-refractivity contribution in [3.05, 3.63) is 29.8 Å². The van der Waals surface area contributed by atoms with Gasteiger partial charge in [0.05, 0.1) is 13.7 Å². The molecule has 0 heterocycles. The molecular formula is C13H17N3O4S. The van der Waals surface area contributed by atoms with Crippen LogP contribution in [0, 0.1) is 0 Å². The van der Waals surface area contributed by atoms with E-state index in [4.69, 9.17) is 17.0 Å². The van der Waals surface area contributed by atoms with E-state index in [1.807, 2.05) is 6.92 Å². The van der Waals surface area contributed by atoms with Gasteiger partial charge >= 0.3 is 6.09 Å². The van der Waals surface area contributed by atoms with Gasteiger partial charge in [0.2, 0.25) is 0 Å². The topological polar surface area (TPSA) is 88.7 Å². The fourth-order valence-corrected chi connectivity index (χ4v) is 1.46. The number of benzene rings is 1. The van der Waals surface area contributed by atoms with Crippen LogP contribution in [0.2, 0.25) is 0 Å². The van der Waals surface area contributed by atoms with Crippen molar-refractivity contribution in [2.45, 2.75) is 13.3 Å². The van der Waals surface area contributed by atoms with Gasteiger partial charge in [0.15, 0.2) is 5.11 Å². The third kappa shape index (κ3) is 6.09. The first-order valence-corrected chi connectivity index (χ1v) is 6.65. The van der Waals surface area contributed by atoms with Crippen LogP contribution in [-0.4, -0.2) is 30.8 Å². The van der Waals surface area contributed by atoms with E-state index in [2.05, 4.69) is 20.9 Å². The quantitative estimate of drug-likeness (QED) is 0.574. The number of rotatable bonds is 4. The van der Waals surface area contributed by atoms with Crippen molar-refractivity contribution in [3.63, 3.8) is 0 Å². The molecule has 0 fully saturated rings. The Kier molecular flexibility index (Phi) is 6.96. The maximum absolute atomic E-state index is 12.0. The SMILES string of the molecule is CCCOc1cccc(C(=O)NC(=S)NNC(=O)OC)c1. The highest BCUT2D eigenvalue weighted by Gasteiger charge is 2.09. The summed E-state index contributed by atoms with van der Waals surface area (Å²) in [4.78, 5) is 22.8. The Morgan fingerprint density at radius 3 is 2.71 bits per heavy atom. The Morgan fingerprint density at radius 2 is 2.05 bits per heavy atom. The minimum absolute atomic E-state index is 0.0507. The molecule has 21 heavy (non-hydrogen) atoms. The molecule has 0 atom stereocenters. The molecule has 2 amide bonds. The molecular weight excluding hydrogens is 294 g/mol. The first kappa shape index (κ1) is 16.7. The largest absolute Gasteiger partial charge is 0.494 e. The molecule has 0 saturated carbocycles. The molecule has 0 unspecified atom stereocenters. The molecule has 1 aromatic rings. The molecule has 0 bridgehead atoms. The Labute approximate surface area is 128 Å². The predicted molar refractivity (Wildman–Crippen MR) is 81.0 cm³/mol. The van der Waals surface area contributed by atoms with Gasteiger partial charge in [-0.05, 0) is 36.8 Å². The zero-order valence-corrected chi connectivity index (χ0v) is 12.6. The second-order valence-corrected chi connectivity index (χ2v) is 4.31. The minimum atomic E-state index is -0.721. The smallest absolute Gasteiger partial charge is 0.425 e. The van der Waals surface area contributed by atoms with Gasteiger partial charge in [-0.2, -0.15) is 0 Å². The lowest BCUT2D eigenvalue weighted by Crippen LogP contribution is -2.48. The molecule has 0 aromatic heterocycles. The van der Waals surface area contributed by atoms with Gasteiger partial charge in [0, 0.05) is 5.56 Å². The first-order chi connectivity index (χ1) is 10.1. The zero-order chi connectivity index (χ0) is 15.7. The first-order valence-electron chi connectivity index (χ1n) is 6.25. The fraction of sp³-hybridized carbons (Fsp3) is 0.308. The van der Waals surface area contributed by atoms with E-state index in [9.17, 15) is 9.59 Å². The molecule has 0 radical (unpaired) electrons. The number of hydrogen-bond donors (Lipinski definition) is 3. The van der Waals surface area contributed by atoms with E-state index < -0.39 is 12.0 Å². The third-order valence-electron chi connectivity index (χ3n) is 2.26. The van der Waals surface area contributed by atoms with Crippen molar-refractivity contribution in [1.82, 2.24) is 16.2 Å². The average Bonchev–Trinajstić information content (AvgIpc) is 2.50. The second kappa shape index (κ2) is 8.75. The van der Waals surface area contributed by atoms with Gasteiger partial charge in [-0.15, -0.1) is 0 Å². The Morgan fingerprint density at radius 1 is 1.29 bits per heavy atom. The van der Waals surface area contributed by atoms with Crippen molar-refractivity contribution in [3.8, 4) is 5.75 Å². The van der Waals surface area contributed by atoms with E-state index in [0.29, 0.717) is 17.9 Å². The van der Waals surface area contributed by atoms with Crippen LogP contribution in [0.3, 0.4) is 0 Å². The van der Waals surface area contributed by atoms with E-state index in [-0.39, 0.29) is 5.11 Å². The summed E-state index contributed by atoms with van der Waals surface area (Å²) in [5.41, 5.74) is 4.86. The normalized spacial score (nSPS) is 9.43. The molecule has 8 heteroatoms. The number of carbonyl (C=O) groups excluding carboxylic acids is 2. The lowest BCUT2D eigenvalue weighted by Gasteiger charge is -2.10. The number of ether oxygens (including phenoxy) is 2. The summed E-state index contributed by atoms with van der Waals surface area (Å²) < 4.78 is 9.78. The number of amides is 2. The summed E-state index contributed by atoms with van der Waals surface area (Å²) in [6.07, 6.45) is 0.158. The van der Waals surface area contributed by atoms with Gasteiger partial charge in [-0.25, -0.2) is 10.2 Å².